The number of nitrogens with two attached hydrogens (primary N) is 1. The van der Waals surface area contributed by atoms with Crippen molar-refractivity contribution < 1.29 is 9.53 Å². The van der Waals surface area contributed by atoms with Crippen LogP contribution >= 0.6 is 15.9 Å². The lowest BCUT2D eigenvalue weighted by Crippen LogP contribution is -2.27. The summed E-state index contributed by atoms with van der Waals surface area (Å²) in [4.78, 5) is 12.3. The van der Waals surface area contributed by atoms with Gasteiger partial charge in [0.05, 0.1) is 18.7 Å². The summed E-state index contributed by atoms with van der Waals surface area (Å²) in [6.07, 6.45) is 0. The van der Waals surface area contributed by atoms with Gasteiger partial charge in [-0.3, -0.25) is 4.79 Å². The van der Waals surface area contributed by atoms with E-state index in [1.54, 1.807) is 25.3 Å². The zero-order chi connectivity index (χ0) is 15.4. The van der Waals surface area contributed by atoms with Crippen LogP contribution in [0, 0.1) is 0 Å². The van der Waals surface area contributed by atoms with Crippen LogP contribution in [-0.4, -0.2) is 13.0 Å². The summed E-state index contributed by atoms with van der Waals surface area (Å²) in [5.74, 6) is 0.586. The molecule has 0 aliphatic heterocycles. The Kier molecular flexibility index (Phi) is 4.85. The van der Waals surface area contributed by atoms with Crippen molar-refractivity contribution in [1.82, 2.24) is 5.32 Å². The molecule has 2 rings (SSSR count). The molecule has 0 aliphatic rings. The molecule has 2 aromatic carbocycles. The van der Waals surface area contributed by atoms with Crippen molar-refractivity contribution in [3.8, 4) is 5.75 Å². The number of amides is 1. The first-order chi connectivity index (χ1) is 10.0. The first-order valence-electron chi connectivity index (χ1n) is 6.51. The number of halogens is 1. The van der Waals surface area contributed by atoms with E-state index >= 15 is 0 Å². The highest BCUT2D eigenvalue weighted by Crippen LogP contribution is 2.22. The molecular weight excluding hydrogens is 332 g/mol. The molecule has 3 N–H and O–H groups in total. The van der Waals surface area contributed by atoms with Gasteiger partial charge in [-0.25, -0.2) is 0 Å². The number of carbonyl (C=O) groups excluding carboxylic acids is 1. The Hall–Kier alpha value is -2.01. The molecule has 1 amide bonds. The van der Waals surface area contributed by atoms with Gasteiger partial charge in [-0.1, -0.05) is 12.1 Å². The van der Waals surface area contributed by atoms with Crippen molar-refractivity contribution >= 4 is 27.5 Å². The summed E-state index contributed by atoms with van der Waals surface area (Å²) in [5.41, 5.74) is 7.77. The van der Waals surface area contributed by atoms with Crippen LogP contribution < -0.4 is 15.8 Å². The topological polar surface area (TPSA) is 64.3 Å². The molecule has 0 bridgehead atoms. The molecule has 4 nitrogen and oxygen atoms in total. The number of carbonyl (C=O) groups is 1. The van der Waals surface area contributed by atoms with Crippen LogP contribution in [0.4, 0.5) is 5.69 Å². The third-order valence-electron chi connectivity index (χ3n) is 3.18. The normalized spacial score (nSPS) is 11.8. The van der Waals surface area contributed by atoms with E-state index in [-0.39, 0.29) is 11.9 Å². The molecule has 0 fully saturated rings. The third kappa shape index (κ3) is 3.76. The zero-order valence-electron chi connectivity index (χ0n) is 11.9. The molecular formula is C16H17BrN2O2. The minimum Gasteiger partial charge on any atom is -0.497 e. The average molecular weight is 349 g/mol. The molecule has 2 aromatic rings. The van der Waals surface area contributed by atoms with E-state index in [1.165, 1.54) is 0 Å². The van der Waals surface area contributed by atoms with Gasteiger partial charge in [-0.15, -0.1) is 0 Å². The Morgan fingerprint density at radius 3 is 2.76 bits per heavy atom. The highest BCUT2D eigenvalue weighted by atomic mass is 79.9. The summed E-state index contributed by atoms with van der Waals surface area (Å²) < 4.78 is 5.91. The summed E-state index contributed by atoms with van der Waals surface area (Å²) in [5, 5.41) is 2.95. The van der Waals surface area contributed by atoms with Gasteiger partial charge in [0.1, 0.15) is 5.75 Å². The first kappa shape index (κ1) is 15.4. The molecule has 0 aliphatic carbocycles. The first-order valence-corrected chi connectivity index (χ1v) is 7.30. The van der Waals surface area contributed by atoms with Gasteiger partial charge < -0.3 is 15.8 Å². The van der Waals surface area contributed by atoms with Crippen molar-refractivity contribution in [3.05, 3.63) is 58.1 Å². The standard InChI is InChI=1S/C16H17BrN2O2/c1-10(11-4-3-5-13(8-11)21-2)19-16(20)14-9-12(18)6-7-15(14)17/h3-10H,18H2,1-2H3,(H,19,20)/t10-/m0/s1. The Bertz CT molecular complexity index is 658. The number of rotatable bonds is 4. The number of hydrogen-bond donors (Lipinski definition) is 2. The van der Waals surface area contributed by atoms with Gasteiger partial charge >= 0.3 is 0 Å². The Morgan fingerprint density at radius 1 is 1.29 bits per heavy atom. The molecule has 5 heteroatoms. The van der Waals surface area contributed by atoms with Gasteiger partial charge in [0.15, 0.2) is 0 Å². The Labute approximate surface area is 132 Å². The van der Waals surface area contributed by atoms with Crippen molar-refractivity contribution in [2.45, 2.75) is 13.0 Å². The zero-order valence-corrected chi connectivity index (χ0v) is 13.5. The van der Waals surface area contributed by atoms with Crippen LogP contribution in [0.5, 0.6) is 5.75 Å². The van der Waals surface area contributed by atoms with Crippen LogP contribution in [0.15, 0.2) is 46.9 Å². The monoisotopic (exact) mass is 348 g/mol. The molecule has 0 radical (unpaired) electrons. The van der Waals surface area contributed by atoms with Gasteiger partial charge in [0, 0.05) is 10.2 Å². The second-order valence-corrected chi connectivity index (χ2v) is 5.57. The average Bonchev–Trinajstić information content (AvgIpc) is 2.49. The van der Waals surface area contributed by atoms with Crippen LogP contribution in [-0.2, 0) is 0 Å². The second-order valence-electron chi connectivity index (χ2n) is 4.71. The fourth-order valence-electron chi connectivity index (χ4n) is 1.99. The lowest BCUT2D eigenvalue weighted by Gasteiger charge is -2.16. The summed E-state index contributed by atoms with van der Waals surface area (Å²) in [6, 6.07) is 12.6. The highest BCUT2D eigenvalue weighted by molar-refractivity contribution is 9.10. The molecule has 0 heterocycles. The molecule has 0 unspecified atom stereocenters. The number of ether oxygens (including phenoxy) is 1. The lowest BCUT2D eigenvalue weighted by molar-refractivity contribution is 0.0939. The minimum atomic E-state index is -0.176. The molecule has 0 saturated heterocycles. The van der Waals surface area contributed by atoms with E-state index in [9.17, 15) is 4.79 Å². The quantitative estimate of drug-likeness (QED) is 0.830. The van der Waals surface area contributed by atoms with Gasteiger partial charge in [-0.2, -0.15) is 0 Å². The fourth-order valence-corrected chi connectivity index (χ4v) is 2.41. The van der Waals surface area contributed by atoms with Crippen LogP contribution in [0.3, 0.4) is 0 Å². The maximum atomic E-state index is 12.3. The highest BCUT2D eigenvalue weighted by Gasteiger charge is 2.14. The summed E-state index contributed by atoms with van der Waals surface area (Å²) >= 11 is 3.36. The largest absolute Gasteiger partial charge is 0.497 e. The number of benzene rings is 2. The number of nitrogens with one attached hydrogen (secondary N) is 1. The molecule has 0 spiro atoms. The predicted octanol–water partition coefficient (Wildman–Crippen LogP) is 3.53. The molecule has 1 atom stereocenters. The maximum Gasteiger partial charge on any atom is 0.252 e. The van der Waals surface area contributed by atoms with Gasteiger partial charge in [0.25, 0.3) is 5.91 Å². The molecule has 0 aromatic heterocycles. The number of methoxy groups -OCH3 is 1. The molecule has 21 heavy (non-hydrogen) atoms. The number of hydrogen-bond acceptors (Lipinski definition) is 3. The SMILES string of the molecule is COc1cccc([C@H](C)NC(=O)c2cc(N)ccc2Br)c1. The maximum absolute atomic E-state index is 12.3. The number of anilines is 1. The van der Waals surface area contributed by atoms with E-state index in [1.807, 2.05) is 31.2 Å². The van der Waals surface area contributed by atoms with Crippen LogP contribution in [0.1, 0.15) is 28.9 Å². The summed E-state index contributed by atoms with van der Waals surface area (Å²) in [6.45, 7) is 1.92. The van der Waals surface area contributed by atoms with Crippen molar-refractivity contribution in [1.29, 1.82) is 0 Å². The third-order valence-corrected chi connectivity index (χ3v) is 3.87. The van der Waals surface area contributed by atoms with E-state index in [0.717, 1.165) is 11.3 Å². The second kappa shape index (κ2) is 6.63. The van der Waals surface area contributed by atoms with Gasteiger partial charge in [0.2, 0.25) is 0 Å². The summed E-state index contributed by atoms with van der Waals surface area (Å²) in [7, 11) is 1.62. The lowest BCUT2D eigenvalue weighted by atomic mass is 10.1. The minimum absolute atomic E-state index is 0.138. The van der Waals surface area contributed by atoms with Crippen molar-refractivity contribution in [2.75, 3.05) is 12.8 Å². The van der Waals surface area contributed by atoms with Gasteiger partial charge in [-0.05, 0) is 58.7 Å². The van der Waals surface area contributed by atoms with E-state index in [2.05, 4.69) is 21.2 Å². The fraction of sp³-hybridized carbons (Fsp3) is 0.188. The predicted molar refractivity (Wildman–Crippen MR) is 87.4 cm³/mol. The Balaban J connectivity index is 2.16. The smallest absolute Gasteiger partial charge is 0.252 e. The van der Waals surface area contributed by atoms with Crippen molar-refractivity contribution in [2.24, 2.45) is 0 Å². The van der Waals surface area contributed by atoms with Crippen LogP contribution in [0.25, 0.3) is 0 Å². The number of nitrogen functional groups attached to an aromatic ring is 1. The van der Waals surface area contributed by atoms with Crippen LogP contribution in [0.2, 0.25) is 0 Å². The molecule has 110 valence electrons. The van der Waals surface area contributed by atoms with Crippen molar-refractivity contribution in [3.63, 3.8) is 0 Å². The molecule has 0 saturated carbocycles. The van der Waals surface area contributed by atoms with E-state index in [0.29, 0.717) is 15.7 Å². The van der Waals surface area contributed by atoms with E-state index < -0.39 is 0 Å². The van der Waals surface area contributed by atoms with E-state index in [4.69, 9.17) is 10.5 Å². The Morgan fingerprint density at radius 2 is 2.05 bits per heavy atom.